The van der Waals surface area contributed by atoms with E-state index < -0.39 is 5.60 Å². The van der Waals surface area contributed by atoms with E-state index in [-0.39, 0.29) is 12.0 Å². The molecule has 1 aromatic carbocycles. The summed E-state index contributed by atoms with van der Waals surface area (Å²) in [6, 6.07) is 3.99. The highest BCUT2D eigenvalue weighted by atomic mass is 35.5. The van der Waals surface area contributed by atoms with Crippen molar-refractivity contribution in [2.75, 3.05) is 11.4 Å². The van der Waals surface area contributed by atoms with Gasteiger partial charge >= 0.3 is 0 Å². The van der Waals surface area contributed by atoms with Gasteiger partial charge in [-0.3, -0.25) is 0 Å². The summed E-state index contributed by atoms with van der Waals surface area (Å²) in [6.45, 7) is 8.54. The summed E-state index contributed by atoms with van der Waals surface area (Å²) in [7, 11) is 0. The van der Waals surface area contributed by atoms with Gasteiger partial charge in [-0.05, 0) is 45.7 Å². The quantitative estimate of drug-likeness (QED) is 0.887. The molecule has 1 aliphatic rings. The van der Waals surface area contributed by atoms with Crippen LogP contribution < -0.4 is 4.90 Å². The maximum Gasteiger partial charge on any atom is 0.101 e. The van der Waals surface area contributed by atoms with Crippen LogP contribution in [0.5, 0.6) is 0 Å². The molecule has 1 aromatic rings. The molecule has 114 valence electrons. The first kappa shape index (κ1) is 16.4. The number of hydrogen-bond donors (Lipinski definition) is 1. The molecule has 3 nitrogen and oxygen atoms in total. The van der Waals surface area contributed by atoms with Crippen LogP contribution in [0.25, 0.3) is 0 Å². The van der Waals surface area contributed by atoms with Crippen LogP contribution in [-0.4, -0.2) is 23.3 Å². The van der Waals surface area contributed by atoms with Crippen molar-refractivity contribution in [2.45, 2.75) is 45.8 Å². The number of nitrogens with zero attached hydrogens (tertiary/aromatic N) is 2. The van der Waals surface area contributed by atoms with Gasteiger partial charge in [-0.2, -0.15) is 5.26 Å². The fourth-order valence-electron chi connectivity index (χ4n) is 3.38. The Bertz CT molecular complexity index is 602. The molecule has 2 unspecified atom stereocenters. The van der Waals surface area contributed by atoms with E-state index in [0.717, 1.165) is 24.2 Å². The number of anilines is 1. The molecule has 0 aliphatic carbocycles. The van der Waals surface area contributed by atoms with Gasteiger partial charge in [-0.25, -0.2) is 0 Å². The molecule has 1 N–H and O–H groups in total. The fraction of sp³-hybridized carbons (Fsp3) is 0.562. The lowest BCUT2D eigenvalue weighted by atomic mass is 9.85. The highest BCUT2D eigenvalue weighted by Crippen LogP contribution is 2.43. The molecule has 0 bridgehead atoms. The maximum atomic E-state index is 10.3. The number of aryl methyl sites for hydroxylation is 1. The Kier molecular flexibility index (Phi) is 4.44. The smallest absolute Gasteiger partial charge is 0.101 e. The first-order valence-electron chi connectivity index (χ1n) is 7.06. The van der Waals surface area contributed by atoms with Gasteiger partial charge in [0.15, 0.2) is 0 Å². The van der Waals surface area contributed by atoms with Crippen LogP contribution in [0, 0.1) is 24.2 Å². The standard InChI is InChI=1S/C16H20Cl2N2O/c1-9-7-11(8-19)13(17)14(18)15(9)20-6-5-12(10(20)2)16(3,4)21/h7,10,12,21H,5-6H2,1-4H3. The predicted molar refractivity (Wildman–Crippen MR) is 87.1 cm³/mol. The van der Waals surface area contributed by atoms with Gasteiger partial charge in [-0.15, -0.1) is 0 Å². The average Bonchev–Trinajstić information content (AvgIpc) is 2.76. The van der Waals surface area contributed by atoms with Crippen LogP contribution in [0.2, 0.25) is 10.0 Å². The highest BCUT2D eigenvalue weighted by molar-refractivity contribution is 6.44. The molecule has 0 aromatic heterocycles. The minimum Gasteiger partial charge on any atom is -0.390 e. The first-order valence-corrected chi connectivity index (χ1v) is 7.81. The lowest BCUT2D eigenvalue weighted by Crippen LogP contribution is -2.40. The van der Waals surface area contributed by atoms with E-state index in [2.05, 4.69) is 17.9 Å². The summed E-state index contributed by atoms with van der Waals surface area (Å²) in [5, 5.41) is 20.1. The number of aliphatic hydroxyl groups is 1. The number of benzene rings is 1. The van der Waals surface area contributed by atoms with Crippen LogP contribution >= 0.6 is 23.2 Å². The molecule has 1 saturated heterocycles. The van der Waals surface area contributed by atoms with Gasteiger partial charge in [0.1, 0.15) is 6.07 Å². The molecule has 2 rings (SSSR count). The third-order valence-corrected chi connectivity index (χ3v) is 5.30. The summed E-state index contributed by atoms with van der Waals surface area (Å²) in [4.78, 5) is 2.19. The van der Waals surface area contributed by atoms with E-state index in [1.54, 1.807) is 6.07 Å². The lowest BCUT2D eigenvalue weighted by molar-refractivity contribution is 0.0156. The Labute approximate surface area is 136 Å². The van der Waals surface area contributed by atoms with Crippen molar-refractivity contribution in [1.29, 1.82) is 5.26 Å². The van der Waals surface area contributed by atoms with Crippen molar-refractivity contribution >= 4 is 28.9 Å². The number of halogens is 2. The molecule has 1 heterocycles. The largest absolute Gasteiger partial charge is 0.390 e. The zero-order chi connectivity index (χ0) is 15.9. The molecule has 0 radical (unpaired) electrons. The Balaban J connectivity index is 2.46. The second-order valence-electron chi connectivity index (χ2n) is 6.31. The molecule has 0 saturated carbocycles. The van der Waals surface area contributed by atoms with E-state index in [1.807, 2.05) is 20.8 Å². The van der Waals surface area contributed by atoms with Crippen molar-refractivity contribution in [3.05, 3.63) is 27.2 Å². The van der Waals surface area contributed by atoms with Crippen molar-refractivity contribution in [1.82, 2.24) is 0 Å². The van der Waals surface area contributed by atoms with Gasteiger partial charge in [0.05, 0.1) is 26.9 Å². The Morgan fingerprint density at radius 1 is 1.38 bits per heavy atom. The Hall–Kier alpha value is -0.950. The van der Waals surface area contributed by atoms with Crippen molar-refractivity contribution in [3.63, 3.8) is 0 Å². The average molecular weight is 327 g/mol. The van der Waals surface area contributed by atoms with E-state index in [0.29, 0.717) is 15.6 Å². The summed E-state index contributed by atoms with van der Waals surface area (Å²) in [5.74, 6) is 0.169. The number of rotatable bonds is 2. The normalized spacial score (nSPS) is 22.5. The van der Waals surface area contributed by atoms with Crippen LogP contribution in [0.15, 0.2) is 6.07 Å². The third-order valence-electron chi connectivity index (χ3n) is 4.44. The summed E-state index contributed by atoms with van der Waals surface area (Å²) in [5.41, 5.74) is 1.48. The van der Waals surface area contributed by atoms with Crippen molar-refractivity contribution < 1.29 is 5.11 Å². The molecule has 0 spiro atoms. The molecule has 21 heavy (non-hydrogen) atoms. The summed E-state index contributed by atoms with van der Waals surface area (Å²) in [6.07, 6.45) is 0.901. The SMILES string of the molecule is Cc1cc(C#N)c(Cl)c(Cl)c1N1CCC(C(C)(C)O)C1C. The van der Waals surface area contributed by atoms with E-state index in [9.17, 15) is 5.11 Å². The zero-order valence-electron chi connectivity index (χ0n) is 12.7. The molecule has 5 heteroatoms. The van der Waals surface area contributed by atoms with E-state index in [4.69, 9.17) is 28.5 Å². The van der Waals surface area contributed by atoms with E-state index in [1.165, 1.54) is 0 Å². The molecular weight excluding hydrogens is 307 g/mol. The molecule has 2 atom stereocenters. The number of hydrogen-bond acceptors (Lipinski definition) is 3. The third kappa shape index (κ3) is 2.85. The van der Waals surface area contributed by atoms with Crippen LogP contribution in [-0.2, 0) is 0 Å². The first-order chi connectivity index (χ1) is 9.68. The lowest BCUT2D eigenvalue weighted by Gasteiger charge is -2.34. The van der Waals surface area contributed by atoms with Crippen LogP contribution in [0.4, 0.5) is 5.69 Å². The van der Waals surface area contributed by atoms with Crippen LogP contribution in [0.1, 0.15) is 38.3 Å². The van der Waals surface area contributed by atoms with Crippen LogP contribution in [0.3, 0.4) is 0 Å². The molecule has 0 amide bonds. The molecule has 1 fully saturated rings. The summed E-state index contributed by atoms with van der Waals surface area (Å²) < 4.78 is 0. The predicted octanol–water partition coefficient (Wildman–Crippen LogP) is 4.16. The molecule has 1 aliphatic heterocycles. The Morgan fingerprint density at radius 2 is 2.00 bits per heavy atom. The second kappa shape index (κ2) is 5.68. The van der Waals surface area contributed by atoms with Crippen molar-refractivity contribution in [2.24, 2.45) is 5.92 Å². The van der Waals surface area contributed by atoms with Gasteiger partial charge in [-0.1, -0.05) is 23.2 Å². The minimum absolute atomic E-state index is 0.158. The van der Waals surface area contributed by atoms with Gasteiger partial charge in [0.25, 0.3) is 0 Å². The monoisotopic (exact) mass is 326 g/mol. The maximum absolute atomic E-state index is 10.3. The molecular formula is C16H20Cl2N2O. The van der Waals surface area contributed by atoms with E-state index >= 15 is 0 Å². The van der Waals surface area contributed by atoms with Gasteiger partial charge in [0.2, 0.25) is 0 Å². The summed E-state index contributed by atoms with van der Waals surface area (Å²) >= 11 is 12.6. The second-order valence-corrected chi connectivity index (χ2v) is 7.07. The zero-order valence-corrected chi connectivity index (χ0v) is 14.3. The fourth-order valence-corrected chi connectivity index (χ4v) is 3.92. The minimum atomic E-state index is -0.731. The van der Waals surface area contributed by atoms with Crippen molar-refractivity contribution in [3.8, 4) is 6.07 Å². The van der Waals surface area contributed by atoms with Gasteiger partial charge in [0, 0.05) is 18.5 Å². The Morgan fingerprint density at radius 3 is 2.48 bits per heavy atom. The highest BCUT2D eigenvalue weighted by Gasteiger charge is 2.40. The van der Waals surface area contributed by atoms with Gasteiger partial charge < -0.3 is 10.0 Å². The topological polar surface area (TPSA) is 47.3 Å². The number of nitriles is 1.